The van der Waals surface area contributed by atoms with E-state index in [0.717, 1.165) is 31.5 Å². The third-order valence-electron chi connectivity index (χ3n) is 4.41. The zero-order valence-corrected chi connectivity index (χ0v) is 11.2. The SMILES string of the molecule is FC(F)(F)c1ccc2c(c1)OCC1(CCCCC1)CN2. The number of nitrogens with one attached hydrogen (secondary N) is 1. The number of hydrogen-bond acceptors (Lipinski definition) is 2. The predicted octanol–water partition coefficient (Wildman–Crippen LogP) is 4.46. The van der Waals surface area contributed by atoms with E-state index in [1.165, 1.54) is 25.3 Å². The van der Waals surface area contributed by atoms with Crippen molar-refractivity contribution in [2.45, 2.75) is 38.3 Å². The summed E-state index contributed by atoms with van der Waals surface area (Å²) in [6, 6.07) is 3.68. The van der Waals surface area contributed by atoms with Crippen LogP contribution in [0.2, 0.25) is 0 Å². The lowest BCUT2D eigenvalue weighted by molar-refractivity contribution is -0.137. The molecule has 0 unspecified atom stereocenters. The van der Waals surface area contributed by atoms with Crippen LogP contribution in [0.25, 0.3) is 0 Å². The van der Waals surface area contributed by atoms with Crippen molar-refractivity contribution in [2.24, 2.45) is 5.41 Å². The lowest BCUT2D eigenvalue weighted by Crippen LogP contribution is -2.36. The van der Waals surface area contributed by atoms with E-state index in [1.54, 1.807) is 0 Å². The highest BCUT2D eigenvalue weighted by Gasteiger charge is 2.36. The quantitative estimate of drug-likeness (QED) is 0.760. The fourth-order valence-electron chi connectivity index (χ4n) is 3.15. The van der Waals surface area contributed by atoms with Gasteiger partial charge in [-0.25, -0.2) is 0 Å². The molecule has 110 valence electrons. The van der Waals surface area contributed by atoms with Crippen LogP contribution in [0.15, 0.2) is 18.2 Å². The van der Waals surface area contributed by atoms with E-state index in [9.17, 15) is 13.2 Å². The van der Waals surface area contributed by atoms with Crippen LogP contribution in [0.4, 0.5) is 18.9 Å². The maximum atomic E-state index is 12.7. The molecular weight excluding hydrogens is 267 g/mol. The molecule has 2 nitrogen and oxygen atoms in total. The third-order valence-corrected chi connectivity index (χ3v) is 4.41. The summed E-state index contributed by atoms with van der Waals surface area (Å²) >= 11 is 0. The zero-order chi connectivity index (χ0) is 14.2. The normalized spacial score (nSPS) is 21.6. The lowest BCUT2D eigenvalue weighted by Gasteiger charge is -2.35. The van der Waals surface area contributed by atoms with Gasteiger partial charge < -0.3 is 10.1 Å². The number of halogens is 3. The average Bonchev–Trinajstić information content (AvgIpc) is 2.59. The summed E-state index contributed by atoms with van der Waals surface area (Å²) in [6.07, 6.45) is 1.44. The first-order valence-electron chi connectivity index (χ1n) is 7.07. The molecule has 1 aromatic carbocycles. The van der Waals surface area contributed by atoms with Gasteiger partial charge in [0.25, 0.3) is 0 Å². The lowest BCUT2D eigenvalue weighted by atomic mass is 9.74. The van der Waals surface area contributed by atoms with Gasteiger partial charge in [0.05, 0.1) is 17.9 Å². The predicted molar refractivity (Wildman–Crippen MR) is 70.9 cm³/mol. The van der Waals surface area contributed by atoms with Crippen LogP contribution in [0, 0.1) is 5.41 Å². The molecule has 1 N–H and O–H groups in total. The van der Waals surface area contributed by atoms with Gasteiger partial charge >= 0.3 is 6.18 Å². The van der Waals surface area contributed by atoms with Gasteiger partial charge in [0.2, 0.25) is 0 Å². The van der Waals surface area contributed by atoms with E-state index in [1.807, 2.05) is 0 Å². The van der Waals surface area contributed by atoms with Crippen LogP contribution in [0.1, 0.15) is 37.7 Å². The zero-order valence-electron chi connectivity index (χ0n) is 11.2. The van der Waals surface area contributed by atoms with Crippen LogP contribution in [0.5, 0.6) is 5.75 Å². The Balaban J connectivity index is 1.83. The molecule has 0 radical (unpaired) electrons. The smallest absolute Gasteiger partial charge is 0.416 e. The Morgan fingerprint density at radius 2 is 1.85 bits per heavy atom. The first-order chi connectivity index (χ1) is 9.49. The van der Waals surface area contributed by atoms with Gasteiger partial charge in [0.15, 0.2) is 0 Å². The summed E-state index contributed by atoms with van der Waals surface area (Å²) < 4.78 is 43.9. The Morgan fingerprint density at radius 1 is 1.10 bits per heavy atom. The second-order valence-corrected chi connectivity index (χ2v) is 5.91. The molecule has 1 aliphatic heterocycles. The Labute approximate surface area is 116 Å². The molecule has 0 bridgehead atoms. The molecule has 1 fully saturated rings. The molecule has 5 heteroatoms. The Morgan fingerprint density at radius 3 is 2.55 bits per heavy atom. The summed E-state index contributed by atoms with van der Waals surface area (Å²) in [5.41, 5.74) is 0.0912. The standard InChI is InChI=1S/C15H18F3NO/c16-15(17,18)11-4-5-12-13(8-11)20-10-14(9-19-12)6-2-1-3-7-14/h4-5,8,19H,1-3,6-7,9-10H2. The van der Waals surface area contributed by atoms with E-state index in [2.05, 4.69) is 5.32 Å². The van der Waals surface area contributed by atoms with Crippen LogP contribution in [0.3, 0.4) is 0 Å². The monoisotopic (exact) mass is 285 g/mol. The topological polar surface area (TPSA) is 21.3 Å². The van der Waals surface area contributed by atoms with Gasteiger partial charge in [-0.15, -0.1) is 0 Å². The van der Waals surface area contributed by atoms with Crippen LogP contribution >= 0.6 is 0 Å². The van der Waals surface area contributed by atoms with Crippen molar-refractivity contribution >= 4 is 5.69 Å². The second kappa shape index (κ2) is 4.86. The molecule has 0 saturated heterocycles. The van der Waals surface area contributed by atoms with Crippen molar-refractivity contribution in [3.63, 3.8) is 0 Å². The molecule has 0 aromatic heterocycles. The summed E-state index contributed by atoms with van der Waals surface area (Å²) in [5.74, 6) is 0.322. The molecule has 0 atom stereocenters. The fourth-order valence-corrected chi connectivity index (χ4v) is 3.15. The molecule has 1 heterocycles. The van der Waals surface area contributed by atoms with Crippen molar-refractivity contribution < 1.29 is 17.9 Å². The average molecular weight is 285 g/mol. The summed E-state index contributed by atoms with van der Waals surface area (Å²) in [6.45, 7) is 1.29. The molecule has 1 aliphatic carbocycles. The highest BCUT2D eigenvalue weighted by atomic mass is 19.4. The number of ether oxygens (including phenoxy) is 1. The van der Waals surface area contributed by atoms with Crippen molar-refractivity contribution in [3.8, 4) is 5.75 Å². The van der Waals surface area contributed by atoms with Gasteiger partial charge in [-0.3, -0.25) is 0 Å². The molecule has 2 aliphatic rings. The minimum Gasteiger partial charge on any atom is -0.491 e. The largest absolute Gasteiger partial charge is 0.491 e. The molecular formula is C15H18F3NO. The van der Waals surface area contributed by atoms with Gasteiger partial charge in [-0.1, -0.05) is 19.3 Å². The van der Waals surface area contributed by atoms with Crippen LogP contribution < -0.4 is 10.1 Å². The number of anilines is 1. The van der Waals surface area contributed by atoms with E-state index in [-0.39, 0.29) is 5.41 Å². The van der Waals surface area contributed by atoms with Gasteiger partial charge in [-0.05, 0) is 31.0 Å². The first-order valence-corrected chi connectivity index (χ1v) is 7.07. The Bertz CT molecular complexity index is 492. The van der Waals surface area contributed by atoms with E-state index in [0.29, 0.717) is 18.0 Å². The number of alkyl halides is 3. The second-order valence-electron chi connectivity index (χ2n) is 5.91. The molecule has 20 heavy (non-hydrogen) atoms. The number of rotatable bonds is 0. The highest BCUT2D eigenvalue weighted by Crippen LogP contribution is 2.42. The summed E-state index contributed by atoms with van der Waals surface area (Å²) in [5, 5.41) is 3.27. The van der Waals surface area contributed by atoms with Crippen molar-refractivity contribution in [2.75, 3.05) is 18.5 Å². The Kier molecular flexibility index (Phi) is 3.30. The molecule has 0 amide bonds. The van der Waals surface area contributed by atoms with Gasteiger partial charge in [0.1, 0.15) is 5.75 Å². The molecule has 1 spiro atoms. The fraction of sp³-hybridized carbons (Fsp3) is 0.600. The van der Waals surface area contributed by atoms with Crippen molar-refractivity contribution in [1.82, 2.24) is 0 Å². The van der Waals surface area contributed by atoms with E-state index < -0.39 is 11.7 Å². The minimum absolute atomic E-state index is 0.0790. The van der Waals surface area contributed by atoms with Gasteiger partial charge in [0, 0.05) is 12.0 Å². The van der Waals surface area contributed by atoms with Crippen LogP contribution in [-0.4, -0.2) is 13.2 Å². The van der Waals surface area contributed by atoms with Gasteiger partial charge in [-0.2, -0.15) is 13.2 Å². The van der Waals surface area contributed by atoms with Crippen molar-refractivity contribution in [3.05, 3.63) is 23.8 Å². The molecule has 1 saturated carbocycles. The highest BCUT2D eigenvalue weighted by molar-refractivity contribution is 5.59. The minimum atomic E-state index is -4.33. The Hall–Kier alpha value is -1.39. The number of hydrogen-bond donors (Lipinski definition) is 1. The van der Waals surface area contributed by atoms with E-state index >= 15 is 0 Å². The van der Waals surface area contributed by atoms with Crippen LogP contribution in [-0.2, 0) is 6.18 Å². The maximum Gasteiger partial charge on any atom is 0.416 e. The van der Waals surface area contributed by atoms with E-state index in [4.69, 9.17) is 4.74 Å². The molecule has 1 aromatic rings. The van der Waals surface area contributed by atoms with Crippen molar-refractivity contribution in [1.29, 1.82) is 0 Å². The summed E-state index contributed by atoms with van der Waals surface area (Å²) in [4.78, 5) is 0. The maximum absolute atomic E-state index is 12.7. The first kappa shape index (κ1) is 13.6. The molecule has 3 rings (SSSR count). The third kappa shape index (κ3) is 2.58. The number of benzene rings is 1. The summed E-state index contributed by atoms with van der Waals surface area (Å²) in [7, 11) is 0. The number of fused-ring (bicyclic) bond motifs is 1.